The highest BCUT2D eigenvalue weighted by atomic mass is 19.1. The molecule has 5 rings (SSSR count). The van der Waals surface area contributed by atoms with Crippen molar-refractivity contribution in [1.29, 1.82) is 5.26 Å². The highest BCUT2D eigenvalue weighted by Crippen LogP contribution is 2.24. The Morgan fingerprint density at radius 3 is 2.54 bits per heavy atom. The van der Waals surface area contributed by atoms with Crippen molar-refractivity contribution in [3.63, 3.8) is 0 Å². The maximum Gasteiger partial charge on any atom is 0.266 e. The molecular weight excluding hydrogens is 449 g/mol. The van der Waals surface area contributed by atoms with E-state index < -0.39 is 17.3 Å². The summed E-state index contributed by atoms with van der Waals surface area (Å²) in [5, 5.41) is 13.7. The highest BCUT2D eigenvalue weighted by molar-refractivity contribution is 6.03. The van der Waals surface area contributed by atoms with Gasteiger partial charge in [-0.3, -0.25) is 14.2 Å². The second-order valence-electron chi connectivity index (χ2n) is 7.44. The standard InChI is InChI=1S/C18H13FN2O.C7H7N5O/c1-2-16-14(11-20)13-9-6-10-15(19)17(13)18(22)21(16)12-7-4-3-5-8-12;8-5-4(6(9)13)7-10-2-1-3-12(7)11-5/h3-10H,2H2,1H3;1-3H,(H2,8,11)(H2,9,13). The molecule has 0 aliphatic rings. The van der Waals surface area contributed by atoms with Gasteiger partial charge in [-0.05, 0) is 30.7 Å². The Morgan fingerprint density at radius 2 is 1.89 bits per heavy atom. The minimum atomic E-state index is -0.619. The number of pyridine rings is 1. The fourth-order valence-electron chi connectivity index (χ4n) is 3.90. The molecule has 0 saturated carbocycles. The summed E-state index contributed by atoms with van der Waals surface area (Å²) in [4.78, 5) is 27.7. The summed E-state index contributed by atoms with van der Waals surface area (Å²) in [6.07, 6.45) is 3.69. The Bertz CT molecular complexity index is 1670. The summed E-state index contributed by atoms with van der Waals surface area (Å²) < 4.78 is 17.0. The first-order valence-corrected chi connectivity index (χ1v) is 10.6. The number of primary amides is 1. The number of hydrogen-bond donors (Lipinski definition) is 2. The summed E-state index contributed by atoms with van der Waals surface area (Å²) in [5.41, 5.74) is 12.3. The van der Waals surface area contributed by atoms with Crippen molar-refractivity contribution in [3.8, 4) is 11.8 Å². The first-order valence-electron chi connectivity index (χ1n) is 10.6. The number of nitriles is 1. The zero-order valence-electron chi connectivity index (χ0n) is 18.6. The Labute approximate surface area is 198 Å². The van der Waals surface area contributed by atoms with Crippen LogP contribution in [0.2, 0.25) is 0 Å². The van der Waals surface area contributed by atoms with Crippen LogP contribution in [0.3, 0.4) is 0 Å². The first kappa shape index (κ1) is 23.1. The molecule has 0 saturated heterocycles. The molecule has 0 bridgehead atoms. The lowest BCUT2D eigenvalue weighted by Crippen LogP contribution is -2.24. The Hall–Kier alpha value is -5.04. The number of carbonyl (C=O) groups excluding carboxylic acids is 1. The van der Waals surface area contributed by atoms with E-state index in [0.29, 0.717) is 34.4 Å². The van der Waals surface area contributed by atoms with E-state index in [1.165, 1.54) is 21.2 Å². The van der Waals surface area contributed by atoms with Crippen molar-refractivity contribution >= 4 is 28.1 Å². The molecule has 4 N–H and O–H groups in total. The lowest BCUT2D eigenvalue weighted by molar-refractivity contribution is 0.100. The number of nitrogen functional groups attached to an aromatic ring is 1. The summed E-state index contributed by atoms with van der Waals surface area (Å²) in [7, 11) is 0. The largest absolute Gasteiger partial charge is 0.381 e. The Kier molecular flexibility index (Phi) is 6.24. The van der Waals surface area contributed by atoms with Gasteiger partial charge in [0.1, 0.15) is 17.4 Å². The zero-order valence-corrected chi connectivity index (χ0v) is 18.6. The number of anilines is 1. The highest BCUT2D eigenvalue weighted by Gasteiger charge is 2.19. The number of hydrogen-bond acceptors (Lipinski definition) is 6. The molecule has 0 fully saturated rings. The summed E-state index contributed by atoms with van der Waals surface area (Å²) in [5.74, 6) is -1.12. The number of nitrogens with zero attached hydrogens (tertiary/aromatic N) is 5. The van der Waals surface area contributed by atoms with Crippen LogP contribution in [0.4, 0.5) is 10.2 Å². The van der Waals surface area contributed by atoms with Gasteiger partial charge in [0.05, 0.1) is 10.9 Å². The van der Waals surface area contributed by atoms with Crippen LogP contribution in [0.1, 0.15) is 28.5 Å². The molecule has 3 aromatic heterocycles. The van der Waals surface area contributed by atoms with E-state index in [9.17, 15) is 19.2 Å². The fourth-order valence-corrected chi connectivity index (χ4v) is 3.90. The number of benzene rings is 2. The smallest absolute Gasteiger partial charge is 0.266 e. The Balaban J connectivity index is 0.000000189. The first-order chi connectivity index (χ1) is 16.9. The molecule has 0 aliphatic heterocycles. The zero-order chi connectivity index (χ0) is 25.1. The maximum atomic E-state index is 14.2. The van der Waals surface area contributed by atoms with Crippen molar-refractivity contribution in [3.05, 3.63) is 100.0 Å². The molecule has 174 valence electrons. The van der Waals surface area contributed by atoms with E-state index in [4.69, 9.17) is 11.5 Å². The van der Waals surface area contributed by atoms with Crippen molar-refractivity contribution in [2.24, 2.45) is 5.73 Å². The number of amides is 1. The number of rotatable bonds is 3. The van der Waals surface area contributed by atoms with Crippen LogP contribution in [-0.4, -0.2) is 25.1 Å². The van der Waals surface area contributed by atoms with Gasteiger partial charge in [0.25, 0.3) is 11.5 Å². The third-order valence-corrected chi connectivity index (χ3v) is 5.39. The molecule has 1 amide bonds. The van der Waals surface area contributed by atoms with E-state index in [2.05, 4.69) is 16.2 Å². The van der Waals surface area contributed by atoms with Gasteiger partial charge in [-0.1, -0.05) is 37.3 Å². The average molecular weight is 469 g/mol. The average Bonchev–Trinajstić information content (AvgIpc) is 3.20. The third kappa shape index (κ3) is 4.06. The minimum Gasteiger partial charge on any atom is -0.381 e. The van der Waals surface area contributed by atoms with Crippen molar-refractivity contribution in [1.82, 2.24) is 19.2 Å². The van der Waals surface area contributed by atoms with Crippen molar-refractivity contribution < 1.29 is 9.18 Å². The van der Waals surface area contributed by atoms with E-state index in [1.807, 2.05) is 13.0 Å². The molecule has 0 aliphatic carbocycles. The van der Waals surface area contributed by atoms with Gasteiger partial charge in [0.2, 0.25) is 0 Å². The monoisotopic (exact) mass is 469 g/mol. The number of fused-ring (bicyclic) bond motifs is 2. The predicted molar refractivity (Wildman–Crippen MR) is 130 cm³/mol. The second-order valence-corrected chi connectivity index (χ2v) is 7.44. The molecule has 0 spiro atoms. The van der Waals surface area contributed by atoms with Gasteiger partial charge in [-0.15, -0.1) is 5.10 Å². The van der Waals surface area contributed by atoms with Crippen molar-refractivity contribution in [2.75, 3.05) is 5.73 Å². The molecule has 0 atom stereocenters. The van der Waals surface area contributed by atoms with Crippen LogP contribution in [0.5, 0.6) is 0 Å². The van der Waals surface area contributed by atoms with Crippen LogP contribution in [0, 0.1) is 17.1 Å². The minimum absolute atomic E-state index is 0.0416. The summed E-state index contributed by atoms with van der Waals surface area (Å²) in [6.45, 7) is 1.88. The summed E-state index contributed by atoms with van der Waals surface area (Å²) >= 11 is 0. The number of carbonyl (C=O) groups is 1. The fraction of sp³-hybridized carbons (Fsp3) is 0.0800. The predicted octanol–water partition coefficient (Wildman–Crippen LogP) is 2.97. The SMILES string of the molecule is CCc1c(C#N)c2cccc(F)c2c(=O)n1-c1ccccc1.NC(=O)c1c(N)nn2cccnc12. The molecule has 3 heterocycles. The number of para-hydroxylation sites is 1. The van der Waals surface area contributed by atoms with Crippen LogP contribution < -0.4 is 17.0 Å². The Morgan fingerprint density at radius 1 is 1.14 bits per heavy atom. The third-order valence-electron chi connectivity index (χ3n) is 5.39. The molecule has 0 unspecified atom stereocenters. The number of aromatic nitrogens is 4. The lowest BCUT2D eigenvalue weighted by Gasteiger charge is -2.15. The van der Waals surface area contributed by atoms with Crippen LogP contribution in [0.25, 0.3) is 22.1 Å². The van der Waals surface area contributed by atoms with Crippen molar-refractivity contribution in [2.45, 2.75) is 13.3 Å². The molecule has 5 aromatic rings. The lowest BCUT2D eigenvalue weighted by atomic mass is 10.0. The molecular formula is C25H20FN7O2. The van der Waals surface area contributed by atoms with Gasteiger partial charge >= 0.3 is 0 Å². The quantitative estimate of drug-likeness (QED) is 0.415. The van der Waals surface area contributed by atoms with Crippen LogP contribution in [0.15, 0.2) is 71.8 Å². The van der Waals surface area contributed by atoms with Gasteiger partial charge in [0, 0.05) is 29.2 Å². The number of nitrogens with two attached hydrogens (primary N) is 2. The van der Waals surface area contributed by atoms with E-state index in [1.54, 1.807) is 48.8 Å². The van der Waals surface area contributed by atoms with E-state index >= 15 is 0 Å². The van der Waals surface area contributed by atoms with Crippen LogP contribution >= 0.6 is 0 Å². The topological polar surface area (TPSA) is 145 Å². The van der Waals surface area contributed by atoms with Gasteiger partial charge in [-0.25, -0.2) is 13.9 Å². The molecule has 35 heavy (non-hydrogen) atoms. The van der Waals surface area contributed by atoms with Gasteiger partial charge < -0.3 is 11.5 Å². The molecule has 9 nitrogen and oxygen atoms in total. The summed E-state index contributed by atoms with van der Waals surface area (Å²) in [6, 6.07) is 17.2. The van der Waals surface area contributed by atoms with Gasteiger partial charge in [0.15, 0.2) is 11.5 Å². The van der Waals surface area contributed by atoms with E-state index in [-0.39, 0.29) is 16.8 Å². The molecule has 10 heteroatoms. The normalized spacial score (nSPS) is 10.5. The molecule has 0 radical (unpaired) electrons. The van der Waals surface area contributed by atoms with E-state index in [0.717, 1.165) is 0 Å². The van der Waals surface area contributed by atoms with Crippen LogP contribution in [-0.2, 0) is 6.42 Å². The maximum absolute atomic E-state index is 14.2. The molecule has 2 aromatic carbocycles. The number of halogens is 1. The second kappa shape index (κ2) is 9.44. The van der Waals surface area contributed by atoms with Gasteiger partial charge in [-0.2, -0.15) is 5.26 Å².